The fourth-order valence-corrected chi connectivity index (χ4v) is 2.53. The van der Waals surface area contributed by atoms with Gasteiger partial charge in [0.2, 0.25) is 5.91 Å². The molecule has 3 heterocycles. The Morgan fingerprint density at radius 1 is 1.50 bits per heavy atom. The molecule has 0 spiro atoms. The van der Waals surface area contributed by atoms with Crippen molar-refractivity contribution in [2.24, 2.45) is 0 Å². The van der Waals surface area contributed by atoms with Gasteiger partial charge in [-0.05, 0) is 13.8 Å². The van der Waals surface area contributed by atoms with Crippen LogP contribution in [0.5, 0.6) is 0 Å². The molecule has 1 aliphatic heterocycles. The van der Waals surface area contributed by atoms with Gasteiger partial charge in [-0.1, -0.05) is 0 Å². The molecule has 0 unspecified atom stereocenters. The van der Waals surface area contributed by atoms with Gasteiger partial charge in [-0.15, -0.1) is 0 Å². The summed E-state index contributed by atoms with van der Waals surface area (Å²) in [7, 11) is 0. The quantitative estimate of drug-likeness (QED) is 0.765. The topological polar surface area (TPSA) is 90.7 Å². The second-order valence-corrected chi connectivity index (χ2v) is 5.20. The highest BCUT2D eigenvalue weighted by atomic mass is 16.3. The molecular weight excluding hydrogens is 260 g/mol. The lowest BCUT2D eigenvalue weighted by molar-refractivity contribution is -0.140. The third-order valence-corrected chi connectivity index (χ3v) is 3.75. The number of aromatic amines is 1. The summed E-state index contributed by atoms with van der Waals surface area (Å²) in [5.74, 6) is -0.0304. The van der Waals surface area contributed by atoms with Crippen molar-refractivity contribution >= 4 is 11.6 Å². The van der Waals surface area contributed by atoms with Gasteiger partial charge in [0.25, 0.3) is 5.56 Å². The maximum Gasteiger partial charge on any atom is 0.266 e. The summed E-state index contributed by atoms with van der Waals surface area (Å²) in [6, 6.07) is 1.43. The van der Waals surface area contributed by atoms with Gasteiger partial charge >= 0.3 is 0 Å². The zero-order chi connectivity index (χ0) is 14.4. The minimum absolute atomic E-state index is 0.0304. The highest BCUT2D eigenvalue weighted by molar-refractivity contribution is 5.80. The predicted octanol–water partition coefficient (Wildman–Crippen LogP) is -0.615. The molecule has 0 bridgehead atoms. The van der Waals surface area contributed by atoms with Gasteiger partial charge in [0, 0.05) is 36.1 Å². The van der Waals surface area contributed by atoms with E-state index in [4.69, 9.17) is 0 Å². The predicted molar refractivity (Wildman–Crippen MR) is 71.6 cm³/mol. The molecule has 1 aliphatic rings. The average Bonchev–Trinajstić information content (AvgIpc) is 2.71. The van der Waals surface area contributed by atoms with E-state index >= 15 is 0 Å². The van der Waals surface area contributed by atoms with Crippen LogP contribution < -0.4 is 5.56 Å². The summed E-state index contributed by atoms with van der Waals surface area (Å²) in [6.07, 6.45) is -0.171. The van der Waals surface area contributed by atoms with Crippen molar-refractivity contribution in [1.82, 2.24) is 19.5 Å². The van der Waals surface area contributed by atoms with Crippen LogP contribution in [-0.2, 0) is 11.2 Å². The maximum absolute atomic E-state index is 12.1. The molecule has 0 atom stereocenters. The average molecular weight is 276 g/mol. The van der Waals surface area contributed by atoms with Gasteiger partial charge in [-0.2, -0.15) is 0 Å². The van der Waals surface area contributed by atoms with Crippen LogP contribution in [-0.4, -0.2) is 49.7 Å². The van der Waals surface area contributed by atoms with Gasteiger partial charge in [0.15, 0.2) is 5.65 Å². The van der Waals surface area contributed by atoms with Crippen LogP contribution in [0.15, 0.2) is 10.9 Å². The minimum atomic E-state index is -0.400. The van der Waals surface area contributed by atoms with Crippen LogP contribution >= 0.6 is 0 Å². The number of nitrogens with one attached hydrogen (secondary N) is 1. The van der Waals surface area contributed by atoms with Gasteiger partial charge in [-0.25, -0.2) is 9.50 Å². The molecule has 1 fully saturated rings. The molecule has 1 amide bonds. The maximum atomic E-state index is 12.1. The Bertz CT molecular complexity index is 740. The molecule has 7 heteroatoms. The molecule has 20 heavy (non-hydrogen) atoms. The number of amides is 1. The van der Waals surface area contributed by atoms with E-state index in [2.05, 4.69) is 10.1 Å². The monoisotopic (exact) mass is 276 g/mol. The molecule has 7 nitrogen and oxygen atoms in total. The lowest BCUT2D eigenvalue weighted by atomic mass is 10.1. The Kier molecular flexibility index (Phi) is 2.86. The molecule has 2 aromatic heterocycles. The fourth-order valence-electron chi connectivity index (χ4n) is 2.53. The number of aromatic nitrogens is 3. The number of fused-ring (bicyclic) bond motifs is 1. The number of carbonyl (C=O) groups excluding carboxylic acids is 1. The molecule has 0 aliphatic carbocycles. The van der Waals surface area contributed by atoms with Crippen LogP contribution in [0.2, 0.25) is 0 Å². The van der Waals surface area contributed by atoms with E-state index in [0.717, 1.165) is 17.0 Å². The third-order valence-electron chi connectivity index (χ3n) is 3.75. The minimum Gasteiger partial charge on any atom is -0.389 e. The Balaban J connectivity index is 1.94. The van der Waals surface area contributed by atoms with Crippen LogP contribution in [0.4, 0.5) is 0 Å². The van der Waals surface area contributed by atoms with Crippen molar-refractivity contribution in [3.8, 4) is 0 Å². The number of β-amino-alcohol motifs (C(OH)–C–C–N with tert-alkyl or cyclic N) is 1. The van der Waals surface area contributed by atoms with Crippen LogP contribution in [0, 0.1) is 13.8 Å². The molecule has 1 saturated heterocycles. The van der Waals surface area contributed by atoms with Gasteiger partial charge in [0.05, 0.1) is 12.5 Å². The van der Waals surface area contributed by atoms with Crippen molar-refractivity contribution in [2.75, 3.05) is 13.1 Å². The molecule has 2 aromatic rings. The van der Waals surface area contributed by atoms with Gasteiger partial charge < -0.3 is 10.0 Å². The molecular formula is C13H16N4O3. The lowest BCUT2D eigenvalue weighted by Crippen LogP contribution is -2.54. The number of hydrogen-bond acceptors (Lipinski definition) is 4. The van der Waals surface area contributed by atoms with Crippen LogP contribution in [0.3, 0.4) is 0 Å². The first-order valence-electron chi connectivity index (χ1n) is 6.49. The van der Waals surface area contributed by atoms with Crippen molar-refractivity contribution in [3.05, 3.63) is 33.4 Å². The number of aliphatic hydroxyl groups is 1. The highest BCUT2D eigenvalue weighted by Crippen LogP contribution is 2.17. The number of carbonyl (C=O) groups is 1. The second kappa shape index (κ2) is 4.45. The molecule has 0 radical (unpaired) electrons. The first-order chi connectivity index (χ1) is 9.45. The lowest BCUT2D eigenvalue weighted by Gasteiger charge is -2.36. The third kappa shape index (κ3) is 2.00. The van der Waals surface area contributed by atoms with E-state index in [1.165, 1.54) is 6.07 Å². The number of rotatable bonds is 2. The number of aryl methyl sites for hydroxylation is 2. The molecule has 2 N–H and O–H groups in total. The number of H-pyrrole nitrogens is 1. The van der Waals surface area contributed by atoms with Gasteiger partial charge in [0.1, 0.15) is 0 Å². The zero-order valence-corrected chi connectivity index (χ0v) is 11.4. The van der Waals surface area contributed by atoms with E-state index in [0.29, 0.717) is 18.7 Å². The molecule has 0 aromatic carbocycles. The highest BCUT2D eigenvalue weighted by Gasteiger charge is 2.29. The smallest absolute Gasteiger partial charge is 0.266 e. The van der Waals surface area contributed by atoms with Crippen molar-refractivity contribution in [2.45, 2.75) is 26.4 Å². The normalized spacial score (nSPS) is 15.7. The summed E-state index contributed by atoms with van der Waals surface area (Å²) in [5.41, 5.74) is 2.71. The first-order valence-corrected chi connectivity index (χ1v) is 6.49. The molecule has 106 valence electrons. The number of hydrogen-bond donors (Lipinski definition) is 2. The Morgan fingerprint density at radius 2 is 2.20 bits per heavy atom. The van der Waals surface area contributed by atoms with E-state index in [1.54, 1.807) is 9.42 Å². The number of nitrogens with zero attached hydrogens (tertiary/aromatic N) is 3. The Hall–Kier alpha value is -2.15. The Morgan fingerprint density at radius 3 is 2.85 bits per heavy atom. The summed E-state index contributed by atoms with van der Waals surface area (Å²) < 4.78 is 1.60. The van der Waals surface area contributed by atoms with Gasteiger partial charge in [-0.3, -0.25) is 14.7 Å². The van der Waals surface area contributed by atoms with Crippen LogP contribution in [0.25, 0.3) is 5.65 Å². The van der Waals surface area contributed by atoms with E-state index in [1.807, 2.05) is 13.8 Å². The van der Waals surface area contributed by atoms with Crippen molar-refractivity contribution in [1.29, 1.82) is 0 Å². The number of aliphatic hydroxyl groups excluding tert-OH is 1. The van der Waals surface area contributed by atoms with Crippen molar-refractivity contribution < 1.29 is 9.90 Å². The standard InChI is InChI=1S/C13H16N4O3/c1-7-10(3-13(20)16-5-9(18)6-16)8(2)17-11(14-7)4-12(19)15-17/h4,9,18H,3,5-6H2,1-2H3,(H,15,19). The largest absolute Gasteiger partial charge is 0.389 e. The SMILES string of the molecule is Cc1nc2cc(=O)[nH]n2c(C)c1CC(=O)N1CC(O)C1. The van der Waals surface area contributed by atoms with Crippen LogP contribution in [0.1, 0.15) is 17.0 Å². The Labute approximate surface area is 114 Å². The molecule has 0 saturated carbocycles. The van der Waals surface area contributed by atoms with E-state index in [9.17, 15) is 14.7 Å². The summed E-state index contributed by atoms with van der Waals surface area (Å²) in [5, 5.41) is 11.9. The zero-order valence-electron chi connectivity index (χ0n) is 11.4. The molecule has 3 rings (SSSR count). The summed E-state index contributed by atoms with van der Waals surface area (Å²) in [6.45, 7) is 4.48. The fraction of sp³-hybridized carbons (Fsp3) is 0.462. The summed E-state index contributed by atoms with van der Waals surface area (Å²) in [4.78, 5) is 29.4. The summed E-state index contributed by atoms with van der Waals surface area (Å²) >= 11 is 0. The van der Waals surface area contributed by atoms with E-state index < -0.39 is 6.10 Å². The number of likely N-dealkylation sites (tertiary alicyclic amines) is 1. The van der Waals surface area contributed by atoms with E-state index in [-0.39, 0.29) is 17.9 Å². The van der Waals surface area contributed by atoms with Crippen molar-refractivity contribution in [3.63, 3.8) is 0 Å². The second-order valence-electron chi connectivity index (χ2n) is 5.20. The first kappa shape index (κ1) is 12.9.